The van der Waals surface area contributed by atoms with E-state index < -0.39 is 0 Å². The molecular formula is C8H15NO2. The quantitative estimate of drug-likeness (QED) is 0.574. The minimum atomic E-state index is -0.0874. The molecule has 0 saturated carbocycles. The molecule has 64 valence electrons. The van der Waals surface area contributed by atoms with Gasteiger partial charge in [0.25, 0.3) is 0 Å². The zero-order valence-electron chi connectivity index (χ0n) is 6.70. The second kappa shape index (κ2) is 3.09. The van der Waals surface area contributed by atoms with Crippen LogP contribution in [0.25, 0.3) is 0 Å². The lowest BCUT2D eigenvalue weighted by Gasteiger charge is -2.21. The van der Waals surface area contributed by atoms with E-state index in [2.05, 4.69) is 4.90 Å². The molecule has 1 unspecified atom stereocenters. The summed E-state index contributed by atoms with van der Waals surface area (Å²) < 4.78 is 5.28. The van der Waals surface area contributed by atoms with Crippen LogP contribution in [-0.4, -0.2) is 48.5 Å². The number of likely N-dealkylation sites (tertiary alicyclic amines) is 1. The molecule has 2 aliphatic heterocycles. The topological polar surface area (TPSA) is 32.7 Å². The van der Waals surface area contributed by atoms with Crippen molar-refractivity contribution in [3.63, 3.8) is 0 Å². The number of rotatable bonds is 1. The fourth-order valence-electron chi connectivity index (χ4n) is 1.91. The summed E-state index contributed by atoms with van der Waals surface area (Å²) in [5, 5.41) is 9.28. The summed E-state index contributed by atoms with van der Waals surface area (Å²) in [5.41, 5.74) is 0. The number of hydrogen-bond acceptors (Lipinski definition) is 3. The Bertz CT molecular complexity index is 134. The summed E-state index contributed by atoms with van der Waals surface area (Å²) in [6.07, 6.45) is 2.00. The van der Waals surface area contributed by atoms with Crippen LogP contribution in [-0.2, 0) is 4.74 Å². The van der Waals surface area contributed by atoms with Crippen LogP contribution >= 0.6 is 0 Å². The van der Waals surface area contributed by atoms with E-state index >= 15 is 0 Å². The largest absolute Gasteiger partial charge is 0.392 e. The number of nitrogens with zero attached hydrogens (tertiary/aromatic N) is 1. The molecule has 2 atom stereocenters. The minimum Gasteiger partial charge on any atom is -0.392 e. The second-order valence-corrected chi connectivity index (χ2v) is 3.45. The minimum absolute atomic E-state index is 0.0874. The molecule has 0 spiro atoms. The molecular weight excluding hydrogens is 142 g/mol. The average Bonchev–Trinajstić information content (AvgIpc) is 2.55. The Morgan fingerprint density at radius 1 is 1.36 bits per heavy atom. The predicted octanol–water partition coefficient (Wildman–Crippen LogP) is -0.158. The lowest BCUT2D eigenvalue weighted by Crippen LogP contribution is -2.34. The maximum Gasteiger partial charge on any atom is 0.0679 e. The van der Waals surface area contributed by atoms with Gasteiger partial charge in [0.15, 0.2) is 0 Å². The maximum absolute atomic E-state index is 9.28. The first-order valence-corrected chi connectivity index (χ1v) is 4.36. The molecule has 0 aromatic rings. The molecule has 3 heteroatoms. The van der Waals surface area contributed by atoms with Crippen molar-refractivity contribution in [1.29, 1.82) is 0 Å². The first-order valence-electron chi connectivity index (χ1n) is 4.36. The van der Waals surface area contributed by atoms with E-state index in [-0.39, 0.29) is 6.10 Å². The molecule has 2 saturated heterocycles. The van der Waals surface area contributed by atoms with Crippen LogP contribution in [0.15, 0.2) is 0 Å². The van der Waals surface area contributed by atoms with Crippen LogP contribution in [0.3, 0.4) is 0 Å². The van der Waals surface area contributed by atoms with Crippen molar-refractivity contribution in [1.82, 2.24) is 4.90 Å². The molecule has 2 fully saturated rings. The predicted molar refractivity (Wildman–Crippen MR) is 41.4 cm³/mol. The molecule has 1 N–H and O–H groups in total. The van der Waals surface area contributed by atoms with Gasteiger partial charge in [-0.2, -0.15) is 0 Å². The van der Waals surface area contributed by atoms with Crippen LogP contribution in [0.5, 0.6) is 0 Å². The van der Waals surface area contributed by atoms with Crippen molar-refractivity contribution >= 4 is 0 Å². The van der Waals surface area contributed by atoms with Gasteiger partial charge in [0.05, 0.1) is 12.7 Å². The summed E-state index contributed by atoms with van der Waals surface area (Å²) in [6.45, 7) is 3.67. The number of hydrogen-bond donors (Lipinski definition) is 1. The van der Waals surface area contributed by atoms with Crippen molar-refractivity contribution in [3.05, 3.63) is 0 Å². The highest BCUT2D eigenvalue weighted by molar-refractivity contribution is 4.82. The SMILES string of the molecule is O[C@H]1CCN(C2CCOC2)C1. The van der Waals surface area contributed by atoms with Crippen LogP contribution in [0.1, 0.15) is 12.8 Å². The zero-order chi connectivity index (χ0) is 7.68. The fourth-order valence-corrected chi connectivity index (χ4v) is 1.91. The lowest BCUT2D eigenvalue weighted by molar-refractivity contribution is 0.137. The van der Waals surface area contributed by atoms with Gasteiger partial charge in [0.1, 0.15) is 0 Å². The Hall–Kier alpha value is -0.120. The number of ether oxygens (including phenoxy) is 1. The molecule has 3 nitrogen and oxygen atoms in total. The molecule has 2 rings (SSSR count). The summed E-state index contributed by atoms with van der Waals surface area (Å²) >= 11 is 0. The van der Waals surface area contributed by atoms with Gasteiger partial charge < -0.3 is 9.84 Å². The van der Waals surface area contributed by atoms with Crippen molar-refractivity contribution in [2.75, 3.05) is 26.3 Å². The first kappa shape index (κ1) is 7.53. The molecule has 0 amide bonds. The molecule has 0 aromatic heterocycles. The van der Waals surface area contributed by atoms with Crippen LogP contribution in [0.4, 0.5) is 0 Å². The van der Waals surface area contributed by atoms with Gasteiger partial charge >= 0.3 is 0 Å². The number of aliphatic hydroxyl groups is 1. The Balaban J connectivity index is 1.85. The van der Waals surface area contributed by atoms with Crippen molar-refractivity contribution in [2.24, 2.45) is 0 Å². The van der Waals surface area contributed by atoms with Gasteiger partial charge in [0, 0.05) is 25.7 Å². The van der Waals surface area contributed by atoms with Crippen molar-refractivity contribution < 1.29 is 9.84 Å². The Morgan fingerprint density at radius 2 is 2.27 bits per heavy atom. The zero-order valence-corrected chi connectivity index (χ0v) is 6.70. The van der Waals surface area contributed by atoms with Gasteiger partial charge in [-0.05, 0) is 12.8 Å². The third kappa shape index (κ3) is 1.55. The summed E-state index contributed by atoms with van der Waals surface area (Å²) in [6, 6.07) is 0.590. The average molecular weight is 157 g/mol. The molecule has 11 heavy (non-hydrogen) atoms. The summed E-state index contributed by atoms with van der Waals surface area (Å²) in [7, 11) is 0. The molecule has 2 heterocycles. The second-order valence-electron chi connectivity index (χ2n) is 3.45. The lowest BCUT2D eigenvalue weighted by atomic mass is 10.2. The summed E-state index contributed by atoms with van der Waals surface area (Å²) in [5.74, 6) is 0. The molecule has 0 radical (unpaired) electrons. The van der Waals surface area contributed by atoms with Gasteiger partial charge in [-0.15, -0.1) is 0 Å². The number of aliphatic hydroxyl groups excluding tert-OH is 1. The van der Waals surface area contributed by atoms with E-state index in [0.717, 1.165) is 39.1 Å². The van der Waals surface area contributed by atoms with Crippen LogP contribution < -0.4 is 0 Å². The maximum atomic E-state index is 9.28. The highest BCUT2D eigenvalue weighted by Crippen LogP contribution is 2.18. The summed E-state index contributed by atoms with van der Waals surface area (Å²) in [4.78, 5) is 2.34. The third-order valence-electron chi connectivity index (χ3n) is 2.62. The van der Waals surface area contributed by atoms with E-state index in [1.54, 1.807) is 0 Å². The Morgan fingerprint density at radius 3 is 2.82 bits per heavy atom. The first-order chi connectivity index (χ1) is 5.36. The monoisotopic (exact) mass is 157 g/mol. The van der Waals surface area contributed by atoms with E-state index in [0.29, 0.717) is 6.04 Å². The third-order valence-corrected chi connectivity index (χ3v) is 2.62. The molecule has 0 aromatic carbocycles. The van der Waals surface area contributed by atoms with E-state index in [1.807, 2.05) is 0 Å². The van der Waals surface area contributed by atoms with E-state index in [9.17, 15) is 5.11 Å². The van der Waals surface area contributed by atoms with Crippen LogP contribution in [0.2, 0.25) is 0 Å². The highest BCUT2D eigenvalue weighted by atomic mass is 16.5. The molecule has 0 aliphatic carbocycles. The van der Waals surface area contributed by atoms with Crippen molar-refractivity contribution in [3.8, 4) is 0 Å². The van der Waals surface area contributed by atoms with Gasteiger partial charge in [-0.25, -0.2) is 0 Å². The number of β-amino-alcohol motifs (C(OH)–C–C–N with tert-alkyl or cyclic N) is 1. The van der Waals surface area contributed by atoms with Gasteiger partial charge in [0.2, 0.25) is 0 Å². The van der Waals surface area contributed by atoms with E-state index in [1.165, 1.54) is 0 Å². The molecule has 2 aliphatic rings. The fraction of sp³-hybridized carbons (Fsp3) is 1.00. The molecule has 0 bridgehead atoms. The van der Waals surface area contributed by atoms with Gasteiger partial charge in [-0.1, -0.05) is 0 Å². The Kier molecular flexibility index (Phi) is 2.11. The normalized spacial score (nSPS) is 40.1. The highest BCUT2D eigenvalue weighted by Gasteiger charge is 2.29. The van der Waals surface area contributed by atoms with E-state index in [4.69, 9.17) is 4.74 Å². The Labute approximate surface area is 66.9 Å². The smallest absolute Gasteiger partial charge is 0.0679 e. The van der Waals surface area contributed by atoms with Crippen molar-refractivity contribution in [2.45, 2.75) is 25.0 Å². The van der Waals surface area contributed by atoms with Crippen LogP contribution in [0, 0.1) is 0 Å². The standard InChI is InChI=1S/C8H15NO2/c10-8-1-3-9(5-8)7-2-4-11-6-7/h7-8,10H,1-6H2/t7?,8-/m0/s1. The van der Waals surface area contributed by atoms with Gasteiger partial charge in [-0.3, -0.25) is 4.90 Å².